The fourth-order valence-corrected chi connectivity index (χ4v) is 11.7. The molecule has 0 bridgehead atoms. The highest BCUT2D eigenvalue weighted by Crippen LogP contribution is 2.41. The van der Waals surface area contributed by atoms with Crippen LogP contribution in [-0.2, 0) is 40.6 Å². The van der Waals surface area contributed by atoms with Gasteiger partial charge in [-0.15, -0.1) is 0 Å². The average molecular weight is 1190 g/mol. The zero-order valence-electron chi connectivity index (χ0n) is 50.8. The monoisotopic (exact) mass is 1180 g/mol. The lowest BCUT2D eigenvalue weighted by molar-refractivity contribution is 0.0162. The van der Waals surface area contributed by atoms with E-state index in [0.717, 1.165) is 75.6 Å². The predicted molar refractivity (Wildman–Crippen MR) is 332 cm³/mol. The van der Waals surface area contributed by atoms with E-state index in [1.165, 1.54) is 44.5 Å². The first kappa shape index (κ1) is 63.0. The number of para-hydroxylation sites is 1. The molecule has 2 atom stereocenters. The van der Waals surface area contributed by atoms with Crippen LogP contribution in [0.3, 0.4) is 0 Å². The molecular weight excluding hydrogens is 1110 g/mol. The molecule has 7 aromatic carbocycles. The number of benzene rings is 7. The van der Waals surface area contributed by atoms with Gasteiger partial charge in [-0.3, -0.25) is 9.69 Å². The topological polar surface area (TPSA) is 192 Å². The Morgan fingerprint density at radius 2 is 1.14 bits per heavy atom. The quantitative estimate of drug-likeness (QED) is 0.0846. The van der Waals surface area contributed by atoms with Crippen LogP contribution in [0, 0.1) is 27.7 Å². The molecule has 86 heavy (non-hydrogen) atoms. The van der Waals surface area contributed by atoms with Crippen LogP contribution in [-0.4, -0.2) is 98.8 Å². The van der Waals surface area contributed by atoms with Gasteiger partial charge in [0.05, 0.1) is 52.0 Å². The molecule has 2 aliphatic rings. The van der Waals surface area contributed by atoms with Crippen molar-refractivity contribution < 1.29 is 51.2 Å². The third-order valence-electron chi connectivity index (χ3n) is 15.1. The highest BCUT2D eigenvalue weighted by Gasteiger charge is 2.40. The molecule has 2 aliphatic heterocycles. The molecule has 0 aliphatic carbocycles. The number of fused-ring (bicyclic) bond motifs is 2. The first-order valence-corrected chi connectivity index (χ1v) is 30.0. The molecule has 2 unspecified atom stereocenters. The third-order valence-corrected chi connectivity index (χ3v) is 16.7. The molecule has 0 saturated heterocycles. The van der Waals surface area contributed by atoms with Gasteiger partial charge in [0.25, 0.3) is 5.16 Å². The Kier molecular flexibility index (Phi) is 21.1. The van der Waals surface area contributed by atoms with Crippen molar-refractivity contribution in [3.8, 4) is 40.2 Å². The number of methoxy groups -OCH3 is 4. The molecule has 10 rings (SSSR count). The predicted octanol–water partition coefficient (Wildman–Crippen LogP) is 12.5. The van der Waals surface area contributed by atoms with E-state index in [4.69, 9.17) is 33.2 Å². The van der Waals surface area contributed by atoms with E-state index in [1.54, 1.807) is 78.5 Å². The number of amides is 1. The Balaban J connectivity index is 0.000000192. The Hall–Kier alpha value is -9.00. The second kappa shape index (κ2) is 28.7. The molecule has 1 amide bonds. The summed E-state index contributed by atoms with van der Waals surface area (Å²) in [6.07, 6.45) is 6.11. The molecule has 0 spiro atoms. The standard InChI is InChI=1S/C30H33N5O6S.C28H31NO3.C10H12O2/c1-30(2,3)41-29(36)34-16-15-22-17-27(40-19-21-11-7-5-8-12-21)26(39-4)18-24(22)25(34)20-42(37,38)28-31-32-33-35(28)23-13-9-6-10-14-23;1-19-20(2)26(30-3)13-11-22(19)10-12-25-24-17-27(31-4)28(16-23(24)14-15-29-25)32-18-21-8-6-5-7-9-21;1-7-8(2)10(12-3)5-4-9(7)6-11/h5-14,17-18,25H,15-16,19-20H2,1-4H3;5-13,16-17,25,29H,14-15,18H2,1-4H3;4-6H,1-3H3/b;12-10+;. The molecule has 450 valence electrons. The number of rotatable bonds is 17. The molecule has 0 saturated carbocycles. The third kappa shape index (κ3) is 15.5. The summed E-state index contributed by atoms with van der Waals surface area (Å²) in [5.74, 6) is 3.79. The van der Waals surface area contributed by atoms with Gasteiger partial charge in [-0.25, -0.2) is 13.2 Å². The van der Waals surface area contributed by atoms with Crippen LogP contribution in [0.1, 0.15) is 104 Å². The van der Waals surface area contributed by atoms with E-state index in [0.29, 0.717) is 42.4 Å². The normalized spacial score (nSPS) is 14.5. The highest BCUT2D eigenvalue weighted by atomic mass is 32.2. The lowest BCUT2D eigenvalue weighted by atomic mass is 9.92. The van der Waals surface area contributed by atoms with E-state index < -0.39 is 33.3 Å². The summed E-state index contributed by atoms with van der Waals surface area (Å²) >= 11 is 0. The van der Waals surface area contributed by atoms with Gasteiger partial charge in [0.2, 0.25) is 9.84 Å². The Morgan fingerprint density at radius 3 is 1.67 bits per heavy atom. The largest absolute Gasteiger partial charge is 0.496 e. The maximum Gasteiger partial charge on any atom is 0.410 e. The summed E-state index contributed by atoms with van der Waals surface area (Å²) in [6, 6.07) is 43.5. The number of sulfone groups is 1. The SMILES string of the molecule is COc1cc2c(cc1OCc1ccccc1)CCN(C(=O)OC(C)(C)C)C2CS(=O)(=O)c1nnnn1-c1ccccc1.COc1cc2c(cc1OCc1ccccc1)CCNC2/C=C/c1ccc(OC)c(C)c1C.COc1ccc(C=O)c(C)c1C. The fourth-order valence-electron chi connectivity index (χ4n) is 10.2. The minimum atomic E-state index is -4.12. The number of aldehydes is 1. The minimum absolute atomic E-state index is 0.123. The summed E-state index contributed by atoms with van der Waals surface area (Å²) < 4.78 is 68.8. The van der Waals surface area contributed by atoms with Crippen LogP contribution < -0.4 is 33.7 Å². The second-order valence-electron chi connectivity index (χ2n) is 21.8. The van der Waals surface area contributed by atoms with Crippen LogP contribution in [0.5, 0.6) is 34.5 Å². The van der Waals surface area contributed by atoms with Crippen LogP contribution in [0.4, 0.5) is 4.79 Å². The minimum Gasteiger partial charge on any atom is -0.496 e. The fraction of sp³-hybridized carbons (Fsp3) is 0.309. The number of carbonyl (C=O) groups excluding carboxylic acids is 2. The molecule has 3 heterocycles. The molecule has 1 aromatic heterocycles. The number of hydrogen-bond donors (Lipinski definition) is 1. The molecule has 8 aromatic rings. The summed E-state index contributed by atoms with van der Waals surface area (Å²) in [5.41, 5.74) is 12.2. The van der Waals surface area contributed by atoms with Crippen molar-refractivity contribution in [3.05, 3.63) is 212 Å². The molecule has 17 nitrogen and oxygen atoms in total. The maximum atomic E-state index is 13.9. The van der Waals surface area contributed by atoms with Crippen molar-refractivity contribution >= 4 is 28.3 Å². The van der Waals surface area contributed by atoms with Gasteiger partial charge in [-0.2, -0.15) is 4.68 Å². The van der Waals surface area contributed by atoms with Gasteiger partial charge in [-0.1, -0.05) is 102 Å². The van der Waals surface area contributed by atoms with Crippen molar-refractivity contribution in [1.29, 1.82) is 0 Å². The Morgan fingerprint density at radius 1 is 0.628 bits per heavy atom. The Labute approximate surface area is 504 Å². The summed E-state index contributed by atoms with van der Waals surface area (Å²) in [5, 5.41) is 14.7. The van der Waals surface area contributed by atoms with Crippen LogP contribution >= 0.6 is 0 Å². The van der Waals surface area contributed by atoms with E-state index in [2.05, 4.69) is 77.2 Å². The van der Waals surface area contributed by atoms with Crippen molar-refractivity contribution in [2.45, 2.75) is 97.4 Å². The number of carbonyl (C=O) groups is 2. The van der Waals surface area contributed by atoms with Crippen molar-refractivity contribution in [3.63, 3.8) is 0 Å². The van der Waals surface area contributed by atoms with E-state index in [9.17, 15) is 18.0 Å². The van der Waals surface area contributed by atoms with Gasteiger partial charge in [0.1, 0.15) is 36.6 Å². The molecular formula is C68H76N6O11S. The molecule has 0 fully saturated rings. The number of ether oxygens (including phenoxy) is 7. The van der Waals surface area contributed by atoms with Crippen molar-refractivity contribution in [1.82, 2.24) is 30.4 Å². The lowest BCUT2D eigenvalue weighted by Crippen LogP contribution is -2.45. The number of nitrogens with one attached hydrogen (secondary N) is 1. The summed E-state index contributed by atoms with van der Waals surface area (Å²) in [6.45, 7) is 15.4. The molecule has 18 heteroatoms. The van der Waals surface area contributed by atoms with Gasteiger partial charge >= 0.3 is 6.09 Å². The number of nitrogens with zero attached hydrogens (tertiary/aromatic N) is 5. The highest BCUT2D eigenvalue weighted by molar-refractivity contribution is 7.91. The van der Waals surface area contributed by atoms with E-state index >= 15 is 0 Å². The number of aromatic nitrogens is 4. The number of tetrazole rings is 1. The zero-order chi connectivity index (χ0) is 61.5. The lowest BCUT2D eigenvalue weighted by Gasteiger charge is -2.38. The van der Waals surface area contributed by atoms with Crippen molar-refractivity contribution in [2.24, 2.45) is 0 Å². The molecule has 0 radical (unpaired) electrons. The summed E-state index contributed by atoms with van der Waals surface area (Å²) in [4.78, 5) is 25.4. The van der Waals surface area contributed by atoms with Crippen molar-refractivity contribution in [2.75, 3.05) is 47.3 Å². The van der Waals surface area contributed by atoms with Gasteiger partial charge in [0, 0.05) is 18.7 Å². The first-order valence-electron chi connectivity index (χ1n) is 28.3. The Bertz CT molecular complexity index is 3760. The van der Waals surface area contributed by atoms with Gasteiger partial charge in [-0.05, 0) is 188 Å². The van der Waals surface area contributed by atoms with Gasteiger partial charge < -0.3 is 38.5 Å². The zero-order valence-corrected chi connectivity index (χ0v) is 51.6. The van der Waals surface area contributed by atoms with E-state index in [1.807, 2.05) is 86.6 Å². The van der Waals surface area contributed by atoms with Crippen LogP contribution in [0.25, 0.3) is 11.8 Å². The first-order chi connectivity index (χ1) is 41.4. The maximum absolute atomic E-state index is 13.9. The smallest absolute Gasteiger partial charge is 0.410 e. The molecule has 1 N–H and O–H groups in total. The number of hydrogen-bond acceptors (Lipinski definition) is 15. The summed E-state index contributed by atoms with van der Waals surface area (Å²) in [7, 11) is 2.44. The van der Waals surface area contributed by atoms with Crippen LogP contribution in [0.15, 0.2) is 151 Å². The van der Waals surface area contributed by atoms with Gasteiger partial charge in [0.15, 0.2) is 23.0 Å². The average Bonchev–Trinajstić information content (AvgIpc) is 2.79. The van der Waals surface area contributed by atoms with Crippen LogP contribution in [0.2, 0.25) is 0 Å². The van der Waals surface area contributed by atoms with E-state index in [-0.39, 0.29) is 17.7 Å². The second-order valence-corrected chi connectivity index (χ2v) is 23.7.